The number of hydrogen-bond donors (Lipinski definition) is 0. The van der Waals surface area contributed by atoms with E-state index in [1.54, 1.807) is 11.0 Å². The summed E-state index contributed by atoms with van der Waals surface area (Å²) in [6.45, 7) is 6.33. The smallest absolute Gasteiger partial charge is 0.410 e. The van der Waals surface area contributed by atoms with E-state index in [1.165, 1.54) is 13.2 Å². The standard InChI is InChI=1S/C17H21ClFNO3/c1-17(2,3)23-16(21)20-7-5-11(6-8-20)12-9-13(18)15(22-4)10-14(12)19/h5,9-10H,6-8H2,1-4H3. The maximum absolute atomic E-state index is 14.2. The minimum Gasteiger partial charge on any atom is -0.495 e. The molecule has 1 heterocycles. The molecule has 0 saturated heterocycles. The summed E-state index contributed by atoms with van der Waals surface area (Å²) in [5, 5.41) is 0.361. The van der Waals surface area contributed by atoms with Gasteiger partial charge in [-0.3, -0.25) is 0 Å². The first kappa shape index (κ1) is 17.6. The Morgan fingerprint density at radius 3 is 2.57 bits per heavy atom. The number of amides is 1. The van der Waals surface area contributed by atoms with E-state index >= 15 is 0 Å². The quantitative estimate of drug-likeness (QED) is 0.794. The minimum absolute atomic E-state index is 0.305. The van der Waals surface area contributed by atoms with Crippen LogP contribution in [0.25, 0.3) is 5.57 Å². The molecule has 1 aliphatic rings. The summed E-state index contributed by atoms with van der Waals surface area (Å²) in [4.78, 5) is 13.6. The lowest BCUT2D eigenvalue weighted by Crippen LogP contribution is -2.39. The van der Waals surface area contributed by atoms with Crippen LogP contribution in [0.1, 0.15) is 32.8 Å². The fourth-order valence-electron chi connectivity index (χ4n) is 2.34. The van der Waals surface area contributed by atoms with Crippen LogP contribution in [0.15, 0.2) is 18.2 Å². The van der Waals surface area contributed by atoms with E-state index in [2.05, 4.69) is 0 Å². The van der Waals surface area contributed by atoms with Crippen molar-refractivity contribution >= 4 is 23.3 Å². The molecule has 0 bridgehead atoms. The first-order valence-electron chi connectivity index (χ1n) is 7.41. The molecule has 23 heavy (non-hydrogen) atoms. The van der Waals surface area contributed by atoms with Crippen LogP contribution < -0.4 is 4.74 Å². The molecule has 0 spiro atoms. The third kappa shape index (κ3) is 4.38. The van der Waals surface area contributed by atoms with Crippen molar-refractivity contribution in [2.75, 3.05) is 20.2 Å². The summed E-state index contributed by atoms with van der Waals surface area (Å²) >= 11 is 6.07. The zero-order chi connectivity index (χ0) is 17.2. The third-order valence-electron chi connectivity index (χ3n) is 3.45. The Hall–Kier alpha value is -1.75. The molecule has 0 saturated carbocycles. The molecule has 0 N–H and O–H groups in total. The molecule has 0 atom stereocenters. The number of halogens is 2. The number of carbonyl (C=O) groups is 1. The fourth-order valence-corrected chi connectivity index (χ4v) is 2.58. The van der Waals surface area contributed by atoms with Crippen LogP contribution in [0.2, 0.25) is 5.02 Å². The summed E-state index contributed by atoms with van der Waals surface area (Å²) in [5.41, 5.74) is 0.739. The molecule has 1 amide bonds. The largest absolute Gasteiger partial charge is 0.495 e. The maximum atomic E-state index is 14.2. The summed E-state index contributed by atoms with van der Waals surface area (Å²) in [5.74, 6) is -0.0806. The average molecular weight is 342 g/mol. The normalized spacial score (nSPS) is 15.2. The summed E-state index contributed by atoms with van der Waals surface area (Å²) < 4.78 is 24.5. The Balaban J connectivity index is 2.13. The van der Waals surface area contributed by atoms with Crippen LogP contribution in [0.4, 0.5) is 9.18 Å². The van der Waals surface area contributed by atoms with Gasteiger partial charge in [-0.25, -0.2) is 9.18 Å². The van der Waals surface area contributed by atoms with Crippen LogP contribution in [-0.2, 0) is 4.74 Å². The highest BCUT2D eigenvalue weighted by Crippen LogP contribution is 2.33. The van der Waals surface area contributed by atoms with Gasteiger partial charge in [-0.05, 0) is 38.8 Å². The first-order chi connectivity index (χ1) is 10.7. The van der Waals surface area contributed by atoms with Crippen molar-refractivity contribution in [2.24, 2.45) is 0 Å². The molecule has 6 heteroatoms. The lowest BCUT2D eigenvalue weighted by Gasteiger charge is -2.29. The monoisotopic (exact) mass is 341 g/mol. The van der Waals surface area contributed by atoms with Crippen LogP contribution in [-0.4, -0.2) is 36.8 Å². The summed E-state index contributed by atoms with van der Waals surface area (Å²) in [6.07, 6.45) is 2.01. The van der Waals surface area contributed by atoms with Gasteiger partial charge in [0, 0.05) is 24.7 Å². The van der Waals surface area contributed by atoms with Gasteiger partial charge in [-0.15, -0.1) is 0 Å². The molecule has 1 aromatic rings. The van der Waals surface area contributed by atoms with Crippen molar-refractivity contribution in [1.82, 2.24) is 4.90 Å². The second-order valence-corrected chi connectivity index (χ2v) is 6.78. The Morgan fingerprint density at radius 1 is 1.35 bits per heavy atom. The van der Waals surface area contributed by atoms with Gasteiger partial charge >= 0.3 is 6.09 Å². The number of methoxy groups -OCH3 is 1. The Morgan fingerprint density at radius 2 is 2.04 bits per heavy atom. The number of nitrogens with zero attached hydrogens (tertiary/aromatic N) is 1. The van der Waals surface area contributed by atoms with Crippen LogP contribution in [0.5, 0.6) is 5.75 Å². The number of hydrogen-bond acceptors (Lipinski definition) is 3. The molecule has 1 aromatic carbocycles. The zero-order valence-corrected chi connectivity index (χ0v) is 14.5. The second-order valence-electron chi connectivity index (χ2n) is 6.37. The van der Waals surface area contributed by atoms with Gasteiger partial charge in [0.15, 0.2) is 0 Å². The van der Waals surface area contributed by atoms with Gasteiger partial charge in [-0.2, -0.15) is 0 Å². The van der Waals surface area contributed by atoms with Crippen molar-refractivity contribution in [3.8, 4) is 5.75 Å². The minimum atomic E-state index is -0.531. The van der Waals surface area contributed by atoms with Crippen molar-refractivity contribution in [3.63, 3.8) is 0 Å². The Kier molecular flexibility index (Phi) is 5.19. The lowest BCUT2D eigenvalue weighted by molar-refractivity contribution is 0.0270. The van der Waals surface area contributed by atoms with E-state index < -0.39 is 5.60 Å². The molecule has 0 unspecified atom stereocenters. The molecule has 1 aliphatic heterocycles. The highest BCUT2D eigenvalue weighted by molar-refractivity contribution is 6.32. The van der Waals surface area contributed by atoms with Crippen LogP contribution >= 0.6 is 11.6 Å². The second kappa shape index (κ2) is 6.79. The van der Waals surface area contributed by atoms with E-state index in [1.807, 2.05) is 26.8 Å². The van der Waals surface area contributed by atoms with Crippen LogP contribution in [0, 0.1) is 5.82 Å². The molecule has 126 valence electrons. The molecule has 0 fully saturated rings. The van der Waals surface area contributed by atoms with Gasteiger partial charge < -0.3 is 14.4 Å². The van der Waals surface area contributed by atoms with Gasteiger partial charge in [0.25, 0.3) is 0 Å². The Labute approximate surface area is 140 Å². The number of carbonyl (C=O) groups excluding carboxylic acids is 1. The highest BCUT2D eigenvalue weighted by Gasteiger charge is 2.24. The number of ether oxygens (including phenoxy) is 2. The zero-order valence-electron chi connectivity index (χ0n) is 13.8. The Bertz CT molecular complexity index is 637. The average Bonchev–Trinajstić information content (AvgIpc) is 2.47. The van der Waals surface area contributed by atoms with Crippen molar-refractivity contribution in [1.29, 1.82) is 0 Å². The molecule has 0 aliphatic carbocycles. The van der Waals surface area contributed by atoms with Gasteiger partial charge in [-0.1, -0.05) is 17.7 Å². The van der Waals surface area contributed by atoms with E-state index in [0.29, 0.717) is 35.8 Å². The van der Waals surface area contributed by atoms with Gasteiger partial charge in [0.2, 0.25) is 0 Å². The molecule has 4 nitrogen and oxygen atoms in total. The molecule has 0 aromatic heterocycles. The molecular formula is C17H21ClFNO3. The predicted molar refractivity (Wildman–Crippen MR) is 88.4 cm³/mol. The molecular weight excluding hydrogens is 321 g/mol. The molecule has 0 radical (unpaired) electrons. The topological polar surface area (TPSA) is 38.8 Å². The van der Waals surface area contributed by atoms with Gasteiger partial charge in [0.1, 0.15) is 17.2 Å². The maximum Gasteiger partial charge on any atom is 0.410 e. The van der Waals surface area contributed by atoms with Crippen molar-refractivity contribution < 1.29 is 18.7 Å². The molecule has 2 rings (SSSR count). The number of rotatable bonds is 2. The first-order valence-corrected chi connectivity index (χ1v) is 7.79. The SMILES string of the molecule is COc1cc(F)c(C2=CCN(C(=O)OC(C)(C)C)CC2)cc1Cl. The van der Waals surface area contributed by atoms with Crippen molar-refractivity contribution in [2.45, 2.75) is 32.8 Å². The van der Waals surface area contributed by atoms with E-state index in [9.17, 15) is 9.18 Å². The third-order valence-corrected chi connectivity index (χ3v) is 3.74. The van der Waals surface area contributed by atoms with Gasteiger partial charge in [0.05, 0.1) is 12.1 Å². The van der Waals surface area contributed by atoms with Crippen LogP contribution in [0.3, 0.4) is 0 Å². The van der Waals surface area contributed by atoms with E-state index in [0.717, 1.165) is 5.57 Å². The lowest BCUT2D eigenvalue weighted by atomic mass is 9.99. The predicted octanol–water partition coefficient (Wildman–Crippen LogP) is 4.51. The number of benzene rings is 1. The summed E-state index contributed by atoms with van der Waals surface area (Å²) in [6, 6.07) is 2.84. The summed E-state index contributed by atoms with van der Waals surface area (Å²) in [7, 11) is 1.44. The highest BCUT2D eigenvalue weighted by atomic mass is 35.5. The van der Waals surface area contributed by atoms with E-state index in [4.69, 9.17) is 21.1 Å². The van der Waals surface area contributed by atoms with E-state index in [-0.39, 0.29) is 11.9 Å². The fraction of sp³-hybridized carbons (Fsp3) is 0.471. The van der Waals surface area contributed by atoms with Crippen molar-refractivity contribution in [3.05, 3.63) is 34.6 Å².